The van der Waals surface area contributed by atoms with Gasteiger partial charge in [-0.05, 0) is 31.9 Å². The zero-order valence-corrected chi connectivity index (χ0v) is 8.83. The van der Waals surface area contributed by atoms with E-state index in [0.717, 1.165) is 16.2 Å². The number of thiol groups is 1. The molecule has 0 bridgehead atoms. The Morgan fingerprint density at radius 2 is 1.75 bits per heavy atom. The van der Waals surface area contributed by atoms with Gasteiger partial charge in [-0.3, -0.25) is 0 Å². The highest BCUT2D eigenvalue weighted by atomic mass is 32.1. The number of rotatable bonds is 1. The minimum absolute atomic E-state index is 0.950. The number of aryl methyl sites for hydroxylation is 2. The summed E-state index contributed by atoms with van der Waals surface area (Å²) in [5.41, 5.74) is 3.50. The fourth-order valence-electron chi connectivity index (χ4n) is 1.47. The Hall–Kier alpha value is -0.630. The monoisotopic (exact) mass is 182 g/mol. The molecule has 0 aliphatic carbocycles. The molecule has 2 heteroatoms. The average molecular weight is 182 g/mol. The van der Waals surface area contributed by atoms with Crippen LogP contribution < -0.4 is 4.74 Å². The van der Waals surface area contributed by atoms with Crippen LogP contribution in [0.1, 0.15) is 16.7 Å². The normalized spacial score (nSPS) is 10.1. The van der Waals surface area contributed by atoms with E-state index in [-0.39, 0.29) is 0 Å². The number of hydrogen-bond donors (Lipinski definition) is 1. The van der Waals surface area contributed by atoms with Gasteiger partial charge >= 0.3 is 0 Å². The van der Waals surface area contributed by atoms with Crippen molar-refractivity contribution in [1.29, 1.82) is 0 Å². The van der Waals surface area contributed by atoms with Crippen LogP contribution in [0.2, 0.25) is 0 Å². The Balaban J connectivity index is 3.40. The molecule has 66 valence electrons. The number of benzene rings is 1. The van der Waals surface area contributed by atoms with E-state index in [1.165, 1.54) is 11.1 Å². The molecule has 0 fully saturated rings. The maximum atomic E-state index is 5.26. The molecule has 0 radical (unpaired) electrons. The highest BCUT2D eigenvalue weighted by molar-refractivity contribution is 7.80. The van der Waals surface area contributed by atoms with Gasteiger partial charge in [0.05, 0.1) is 7.11 Å². The van der Waals surface area contributed by atoms with Crippen LogP contribution >= 0.6 is 12.6 Å². The van der Waals surface area contributed by atoms with E-state index < -0.39 is 0 Å². The minimum Gasteiger partial charge on any atom is -0.496 e. The van der Waals surface area contributed by atoms with Gasteiger partial charge < -0.3 is 4.74 Å². The Kier molecular flexibility index (Phi) is 2.68. The summed E-state index contributed by atoms with van der Waals surface area (Å²) in [5, 5.41) is 0. The highest BCUT2D eigenvalue weighted by Gasteiger charge is 2.07. The van der Waals surface area contributed by atoms with Crippen LogP contribution in [-0.4, -0.2) is 7.11 Å². The van der Waals surface area contributed by atoms with Crippen LogP contribution in [0.15, 0.2) is 11.0 Å². The Labute approximate surface area is 79.2 Å². The predicted octanol–water partition coefficient (Wildman–Crippen LogP) is 2.91. The third-order valence-electron chi connectivity index (χ3n) is 2.06. The maximum Gasteiger partial charge on any atom is 0.125 e. The molecule has 12 heavy (non-hydrogen) atoms. The first-order valence-electron chi connectivity index (χ1n) is 3.91. The summed E-state index contributed by atoms with van der Waals surface area (Å²) < 4.78 is 5.26. The zero-order valence-electron chi connectivity index (χ0n) is 7.93. The first-order chi connectivity index (χ1) is 5.57. The summed E-state index contributed by atoms with van der Waals surface area (Å²) in [5.74, 6) is 0.950. The lowest BCUT2D eigenvalue weighted by atomic mass is 10.1. The number of methoxy groups -OCH3 is 1. The molecule has 0 amide bonds. The van der Waals surface area contributed by atoms with Crippen LogP contribution in [0.5, 0.6) is 5.75 Å². The summed E-state index contributed by atoms with van der Waals surface area (Å²) in [6.45, 7) is 6.13. The fraction of sp³-hybridized carbons (Fsp3) is 0.400. The Bertz CT molecular complexity index is 305. The quantitative estimate of drug-likeness (QED) is 0.657. The third-order valence-corrected chi connectivity index (χ3v) is 2.75. The summed E-state index contributed by atoms with van der Waals surface area (Å²) in [4.78, 5) is 1.03. The lowest BCUT2D eigenvalue weighted by Crippen LogP contribution is -1.93. The van der Waals surface area contributed by atoms with Crippen molar-refractivity contribution in [3.8, 4) is 5.75 Å². The molecule has 0 atom stereocenters. The van der Waals surface area contributed by atoms with E-state index in [0.29, 0.717) is 0 Å². The van der Waals surface area contributed by atoms with Gasteiger partial charge in [0.15, 0.2) is 0 Å². The second kappa shape index (κ2) is 3.40. The molecule has 0 heterocycles. The highest BCUT2D eigenvalue weighted by Crippen LogP contribution is 2.30. The molecule has 0 N–H and O–H groups in total. The summed E-state index contributed by atoms with van der Waals surface area (Å²) in [6, 6.07) is 2.09. The minimum atomic E-state index is 0.950. The van der Waals surface area contributed by atoms with E-state index in [9.17, 15) is 0 Å². The van der Waals surface area contributed by atoms with Gasteiger partial charge in [-0.25, -0.2) is 0 Å². The van der Waals surface area contributed by atoms with Crippen molar-refractivity contribution in [1.82, 2.24) is 0 Å². The lowest BCUT2D eigenvalue weighted by molar-refractivity contribution is 0.407. The maximum absolute atomic E-state index is 5.26. The van der Waals surface area contributed by atoms with Gasteiger partial charge in [0.25, 0.3) is 0 Å². The molecule has 0 aliphatic heterocycles. The topological polar surface area (TPSA) is 9.23 Å². The molecular formula is C10H14OS. The van der Waals surface area contributed by atoms with Gasteiger partial charge in [0.2, 0.25) is 0 Å². The molecule has 1 nitrogen and oxygen atoms in total. The third kappa shape index (κ3) is 1.44. The Morgan fingerprint density at radius 1 is 1.17 bits per heavy atom. The summed E-state index contributed by atoms with van der Waals surface area (Å²) >= 11 is 4.40. The summed E-state index contributed by atoms with van der Waals surface area (Å²) in [6.07, 6.45) is 0. The van der Waals surface area contributed by atoms with Crippen LogP contribution in [0.4, 0.5) is 0 Å². The first-order valence-corrected chi connectivity index (χ1v) is 4.36. The summed E-state index contributed by atoms with van der Waals surface area (Å²) in [7, 11) is 1.69. The van der Waals surface area contributed by atoms with Crippen molar-refractivity contribution in [2.45, 2.75) is 25.7 Å². The largest absolute Gasteiger partial charge is 0.496 e. The van der Waals surface area contributed by atoms with E-state index in [4.69, 9.17) is 4.74 Å². The van der Waals surface area contributed by atoms with E-state index in [2.05, 4.69) is 25.6 Å². The van der Waals surface area contributed by atoms with Crippen molar-refractivity contribution in [3.05, 3.63) is 22.8 Å². The lowest BCUT2D eigenvalue weighted by Gasteiger charge is -2.12. The average Bonchev–Trinajstić information content (AvgIpc) is 2.01. The number of hydrogen-bond acceptors (Lipinski definition) is 2. The van der Waals surface area contributed by atoms with Crippen LogP contribution in [0.3, 0.4) is 0 Å². The van der Waals surface area contributed by atoms with E-state index in [1.807, 2.05) is 13.8 Å². The molecule has 0 saturated carbocycles. The molecule has 0 aliphatic rings. The Morgan fingerprint density at radius 3 is 2.25 bits per heavy atom. The SMILES string of the molecule is COc1c(C)cc(C)c(S)c1C. The molecule has 0 unspecified atom stereocenters. The van der Waals surface area contributed by atoms with Gasteiger partial charge in [-0.2, -0.15) is 0 Å². The molecule has 0 aromatic heterocycles. The standard InChI is InChI=1S/C10H14OS/c1-6-5-7(2)10(12)8(3)9(6)11-4/h5,12H,1-4H3. The molecule has 0 spiro atoms. The van der Waals surface area contributed by atoms with Gasteiger partial charge in [0, 0.05) is 10.5 Å². The van der Waals surface area contributed by atoms with Gasteiger partial charge in [0.1, 0.15) is 5.75 Å². The van der Waals surface area contributed by atoms with Gasteiger partial charge in [-0.1, -0.05) is 6.07 Å². The van der Waals surface area contributed by atoms with Crippen LogP contribution in [-0.2, 0) is 0 Å². The first kappa shape index (κ1) is 9.46. The molecule has 1 aromatic rings. The number of ether oxygens (including phenoxy) is 1. The van der Waals surface area contributed by atoms with Crippen molar-refractivity contribution in [2.75, 3.05) is 7.11 Å². The van der Waals surface area contributed by atoms with Gasteiger partial charge in [-0.15, -0.1) is 12.6 Å². The van der Waals surface area contributed by atoms with Crippen molar-refractivity contribution < 1.29 is 4.74 Å². The molecule has 1 rings (SSSR count). The van der Waals surface area contributed by atoms with Crippen molar-refractivity contribution in [2.24, 2.45) is 0 Å². The molecular weight excluding hydrogens is 168 g/mol. The van der Waals surface area contributed by atoms with Crippen LogP contribution in [0.25, 0.3) is 0 Å². The van der Waals surface area contributed by atoms with Crippen molar-refractivity contribution >= 4 is 12.6 Å². The zero-order chi connectivity index (χ0) is 9.30. The predicted molar refractivity (Wildman–Crippen MR) is 54.5 cm³/mol. The second-order valence-corrected chi connectivity index (χ2v) is 3.46. The van der Waals surface area contributed by atoms with E-state index in [1.54, 1.807) is 7.11 Å². The van der Waals surface area contributed by atoms with Crippen molar-refractivity contribution in [3.63, 3.8) is 0 Å². The molecule has 0 saturated heterocycles. The smallest absolute Gasteiger partial charge is 0.125 e. The second-order valence-electron chi connectivity index (χ2n) is 3.02. The van der Waals surface area contributed by atoms with E-state index >= 15 is 0 Å². The fourth-order valence-corrected chi connectivity index (χ4v) is 1.64. The molecule has 1 aromatic carbocycles. The van der Waals surface area contributed by atoms with Crippen LogP contribution in [0, 0.1) is 20.8 Å².